The van der Waals surface area contributed by atoms with Gasteiger partial charge in [0.25, 0.3) is 0 Å². The summed E-state index contributed by atoms with van der Waals surface area (Å²) in [7, 11) is 0. The zero-order valence-corrected chi connectivity index (χ0v) is 15.0. The van der Waals surface area contributed by atoms with Crippen molar-refractivity contribution in [3.63, 3.8) is 0 Å². The van der Waals surface area contributed by atoms with Crippen LogP contribution in [0.15, 0.2) is 28.5 Å². The zero-order valence-electron chi connectivity index (χ0n) is 12.7. The van der Waals surface area contributed by atoms with Crippen molar-refractivity contribution in [1.29, 1.82) is 0 Å². The molecule has 0 radical (unpaired) electrons. The second kappa shape index (κ2) is 8.59. The Kier molecular flexibility index (Phi) is 7.37. The van der Waals surface area contributed by atoms with Crippen LogP contribution in [0.5, 0.6) is 0 Å². The van der Waals surface area contributed by atoms with Gasteiger partial charge in [-0.15, -0.1) is 11.8 Å². The minimum atomic E-state index is -4.51. The summed E-state index contributed by atoms with van der Waals surface area (Å²) < 4.78 is 38.6. The van der Waals surface area contributed by atoms with Crippen LogP contribution in [0.25, 0.3) is 0 Å². The fourth-order valence-electron chi connectivity index (χ4n) is 1.42. The lowest BCUT2D eigenvalue weighted by Crippen LogP contribution is -2.14. The lowest BCUT2D eigenvalue weighted by molar-refractivity contribution is -0.141. The number of alkyl halides is 3. The van der Waals surface area contributed by atoms with Crippen molar-refractivity contribution in [2.45, 2.75) is 20.0 Å². The number of rotatable bonds is 4. The predicted molar refractivity (Wildman–Crippen MR) is 90.6 cm³/mol. The van der Waals surface area contributed by atoms with E-state index in [0.717, 1.165) is 34.5 Å². The van der Waals surface area contributed by atoms with E-state index in [-0.39, 0.29) is 21.5 Å². The first-order chi connectivity index (χ1) is 11.1. The molecule has 0 N–H and O–H groups in total. The quantitative estimate of drug-likeness (QED) is 0.236. The van der Waals surface area contributed by atoms with Gasteiger partial charge < -0.3 is 4.84 Å². The van der Waals surface area contributed by atoms with E-state index in [2.05, 4.69) is 15.1 Å². The molecule has 132 valence electrons. The number of halogens is 5. The Labute approximate surface area is 150 Å². The topological polar surface area (TPSA) is 54.3 Å². The Hall–Kier alpha value is -1.45. The fourth-order valence-corrected chi connectivity index (χ4v) is 2.43. The number of hydrogen-bond donors (Lipinski definition) is 0. The van der Waals surface area contributed by atoms with E-state index in [1.165, 1.54) is 13.8 Å². The molecule has 1 aromatic rings. The maximum atomic E-state index is 12.6. The van der Waals surface area contributed by atoms with Crippen LogP contribution in [0.2, 0.25) is 5.02 Å². The standard InChI is InChI=1S/C13H12Cl2F3N3O2S/c1-7(12(24-3)20-23-8(2)22)19-21(15)11-5-4-9(6-10(11)14)13(16,17)18/h4-6H,1-3H3. The molecule has 0 unspecified atom stereocenters. The molecule has 0 atom stereocenters. The molecule has 1 aromatic carbocycles. The van der Waals surface area contributed by atoms with Crippen LogP contribution >= 0.6 is 35.1 Å². The molecule has 0 aliphatic carbocycles. The van der Waals surface area contributed by atoms with Gasteiger partial charge >= 0.3 is 12.1 Å². The van der Waals surface area contributed by atoms with E-state index >= 15 is 0 Å². The van der Waals surface area contributed by atoms with Crippen LogP contribution in [0, 0.1) is 0 Å². The minimum absolute atomic E-state index is 0.0543. The third-order valence-electron chi connectivity index (χ3n) is 2.47. The Morgan fingerprint density at radius 2 is 1.96 bits per heavy atom. The fraction of sp³-hybridized carbons (Fsp3) is 0.308. The largest absolute Gasteiger partial charge is 0.416 e. The smallest absolute Gasteiger partial charge is 0.317 e. The molecule has 0 amide bonds. The number of hydrogen-bond acceptors (Lipinski definition) is 6. The van der Waals surface area contributed by atoms with Crippen LogP contribution in [-0.2, 0) is 15.8 Å². The van der Waals surface area contributed by atoms with E-state index in [0.29, 0.717) is 0 Å². The lowest BCUT2D eigenvalue weighted by atomic mass is 10.2. The van der Waals surface area contributed by atoms with Crippen LogP contribution in [0.3, 0.4) is 0 Å². The molecule has 0 heterocycles. The van der Waals surface area contributed by atoms with Gasteiger partial charge in [-0.05, 0) is 31.4 Å². The SMILES string of the molecule is CSC(=NOC(C)=O)C(C)=NN(Cl)c1ccc(C(F)(F)F)cc1Cl. The Bertz CT molecular complexity index is 681. The second-order valence-electron chi connectivity index (χ2n) is 4.29. The molecule has 5 nitrogen and oxygen atoms in total. The van der Waals surface area contributed by atoms with Crippen molar-refractivity contribution in [1.82, 2.24) is 0 Å². The molecule has 0 spiro atoms. The van der Waals surface area contributed by atoms with Crippen LogP contribution in [0.4, 0.5) is 18.9 Å². The Morgan fingerprint density at radius 1 is 1.33 bits per heavy atom. The number of carbonyl (C=O) groups is 1. The summed E-state index contributed by atoms with van der Waals surface area (Å²) in [5.74, 6) is -0.608. The van der Waals surface area contributed by atoms with E-state index in [1.54, 1.807) is 6.26 Å². The van der Waals surface area contributed by atoms with Gasteiger partial charge in [0.2, 0.25) is 0 Å². The van der Waals surface area contributed by atoms with Crippen LogP contribution < -0.4 is 4.53 Å². The van der Waals surface area contributed by atoms with Gasteiger partial charge in [0.05, 0.1) is 22.0 Å². The molecule has 0 aromatic heterocycles. The zero-order chi connectivity index (χ0) is 18.5. The summed E-state index contributed by atoms with van der Waals surface area (Å²) >= 11 is 12.9. The highest BCUT2D eigenvalue weighted by Gasteiger charge is 2.31. The van der Waals surface area contributed by atoms with Gasteiger partial charge in [-0.2, -0.15) is 22.8 Å². The first-order valence-corrected chi connectivity index (χ1v) is 8.18. The third-order valence-corrected chi connectivity index (χ3v) is 3.79. The summed E-state index contributed by atoms with van der Waals surface area (Å²) in [4.78, 5) is 15.3. The molecule has 0 bridgehead atoms. The lowest BCUT2D eigenvalue weighted by Gasteiger charge is -2.15. The summed E-state index contributed by atoms with van der Waals surface area (Å²) in [5.41, 5.74) is -0.573. The Morgan fingerprint density at radius 3 is 2.42 bits per heavy atom. The normalized spacial score (nSPS) is 13.0. The number of nitrogens with zero attached hydrogens (tertiary/aromatic N) is 3. The van der Waals surface area contributed by atoms with E-state index in [1.807, 2.05) is 0 Å². The molecule has 0 aliphatic rings. The third kappa shape index (κ3) is 5.88. The molecule has 0 aliphatic heterocycles. The van der Waals surface area contributed by atoms with Crippen molar-refractivity contribution < 1.29 is 22.8 Å². The van der Waals surface area contributed by atoms with Gasteiger partial charge in [-0.3, -0.25) is 0 Å². The van der Waals surface area contributed by atoms with Crippen molar-refractivity contribution in [3.8, 4) is 0 Å². The number of benzene rings is 1. The van der Waals surface area contributed by atoms with E-state index in [4.69, 9.17) is 23.4 Å². The van der Waals surface area contributed by atoms with Crippen LogP contribution in [0.1, 0.15) is 19.4 Å². The van der Waals surface area contributed by atoms with Crippen molar-refractivity contribution >= 4 is 57.6 Å². The molecule has 11 heteroatoms. The van der Waals surface area contributed by atoms with Gasteiger partial charge in [-0.1, -0.05) is 16.8 Å². The molecular formula is C13H12Cl2F3N3O2S. The van der Waals surface area contributed by atoms with E-state index in [9.17, 15) is 18.0 Å². The van der Waals surface area contributed by atoms with Gasteiger partial charge in [0.15, 0.2) is 5.04 Å². The van der Waals surface area contributed by atoms with Crippen molar-refractivity contribution in [3.05, 3.63) is 28.8 Å². The predicted octanol–water partition coefficient (Wildman–Crippen LogP) is 4.93. The maximum Gasteiger partial charge on any atom is 0.416 e. The summed E-state index contributed by atoms with van der Waals surface area (Å²) in [5, 5.41) is 7.58. The molecule has 0 fully saturated rings. The number of oxime groups is 1. The van der Waals surface area contributed by atoms with Gasteiger partial charge in [0, 0.05) is 18.7 Å². The number of thioether (sulfide) groups is 1. The summed E-state index contributed by atoms with van der Waals surface area (Å²) in [6.07, 6.45) is -2.84. The second-order valence-corrected chi connectivity index (χ2v) is 5.82. The number of carbonyl (C=O) groups excluding carboxylic acids is 1. The monoisotopic (exact) mass is 401 g/mol. The summed E-state index contributed by atoms with van der Waals surface area (Å²) in [6.45, 7) is 2.72. The minimum Gasteiger partial charge on any atom is -0.317 e. The molecule has 0 saturated carbocycles. The first kappa shape index (κ1) is 20.6. The van der Waals surface area contributed by atoms with Crippen LogP contribution in [-0.4, -0.2) is 23.0 Å². The molecule has 0 saturated heterocycles. The maximum absolute atomic E-state index is 12.6. The highest BCUT2D eigenvalue weighted by molar-refractivity contribution is 8.15. The average molecular weight is 402 g/mol. The molecular weight excluding hydrogens is 390 g/mol. The highest BCUT2D eigenvalue weighted by Crippen LogP contribution is 2.35. The average Bonchev–Trinajstić information content (AvgIpc) is 2.46. The number of anilines is 1. The van der Waals surface area contributed by atoms with Crippen molar-refractivity contribution in [2.75, 3.05) is 10.8 Å². The first-order valence-electron chi connectivity index (χ1n) is 6.24. The Balaban J connectivity index is 3.07. The summed E-state index contributed by atoms with van der Waals surface area (Å²) in [6, 6.07) is 2.68. The van der Waals surface area contributed by atoms with Gasteiger partial charge in [0.1, 0.15) is 0 Å². The molecule has 1 rings (SSSR count). The van der Waals surface area contributed by atoms with E-state index < -0.39 is 17.7 Å². The number of hydrazone groups is 1. The van der Waals surface area contributed by atoms with Gasteiger partial charge in [-0.25, -0.2) is 4.79 Å². The molecule has 24 heavy (non-hydrogen) atoms. The van der Waals surface area contributed by atoms with Crippen molar-refractivity contribution in [2.24, 2.45) is 10.3 Å². The highest BCUT2D eigenvalue weighted by atomic mass is 35.5.